The summed E-state index contributed by atoms with van der Waals surface area (Å²) < 4.78 is 14.5. The number of amidine groups is 1. The predicted octanol–water partition coefficient (Wildman–Crippen LogP) is 8.79. The molecule has 2 nitrogen and oxygen atoms in total. The first kappa shape index (κ1) is 26.2. The summed E-state index contributed by atoms with van der Waals surface area (Å²) in [6.07, 6.45) is 0. The maximum Gasteiger partial charge on any atom is 0.165 e. The van der Waals surface area contributed by atoms with Gasteiger partial charge in [0.05, 0.1) is 5.69 Å². The number of benzene rings is 4. The van der Waals surface area contributed by atoms with Gasteiger partial charge in [0, 0.05) is 23.3 Å². The third-order valence-corrected chi connectivity index (χ3v) is 6.65. The van der Waals surface area contributed by atoms with Crippen LogP contribution in [0, 0.1) is 5.82 Å². The molecular weight excluding hydrogens is 575 g/mol. The fraction of sp³-hybridized carbons (Fsp3) is 0.107. The Morgan fingerprint density at radius 2 is 1.24 bits per heavy atom. The Hall–Kier alpha value is -2.41. The lowest BCUT2D eigenvalue weighted by Gasteiger charge is -2.26. The van der Waals surface area contributed by atoms with Crippen LogP contribution >= 0.6 is 44.7 Å². The number of halogens is 3. The van der Waals surface area contributed by atoms with Crippen LogP contribution in [0.3, 0.4) is 0 Å². The predicted molar refractivity (Wildman–Crippen MR) is 151 cm³/mol. The highest BCUT2D eigenvalue weighted by atomic mass is 79.9. The molecule has 0 aliphatic rings. The molecule has 0 aliphatic heterocycles. The molecule has 4 aromatic carbocycles. The summed E-state index contributed by atoms with van der Waals surface area (Å²) >= 11 is 5.22. The Morgan fingerprint density at radius 1 is 0.706 bits per heavy atom. The van der Waals surface area contributed by atoms with Gasteiger partial charge in [-0.3, -0.25) is 0 Å². The topological polar surface area (TPSA) is 15.6 Å². The number of aliphatic imine (C=N–C) groups is 1. The largest absolute Gasteiger partial charge is 0.343 e. The molecule has 0 fully saturated rings. The van der Waals surface area contributed by atoms with Gasteiger partial charge in [-0.05, 0) is 53.1 Å². The Morgan fingerprint density at radius 3 is 1.82 bits per heavy atom. The van der Waals surface area contributed by atoms with Gasteiger partial charge in [0.15, 0.2) is 5.17 Å². The van der Waals surface area contributed by atoms with Crippen LogP contribution in [-0.2, 0) is 18.8 Å². The van der Waals surface area contributed by atoms with E-state index in [2.05, 4.69) is 57.2 Å². The molecule has 4 rings (SSSR count). The Balaban J connectivity index is 0.00000324. The maximum absolute atomic E-state index is 13.5. The molecule has 0 saturated heterocycles. The number of nitrogens with zero attached hydrogens (tertiary/aromatic N) is 2. The second-order valence-electron chi connectivity index (χ2n) is 7.61. The van der Waals surface area contributed by atoms with Gasteiger partial charge in [0.25, 0.3) is 0 Å². The van der Waals surface area contributed by atoms with E-state index < -0.39 is 0 Å². The molecule has 4 aromatic rings. The van der Waals surface area contributed by atoms with Crippen molar-refractivity contribution >= 4 is 55.5 Å². The minimum Gasteiger partial charge on any atom is -0.343 e. The van der Waals surface area contributed by atoms with Crippen molar-refractivity contribution in [2.45, 2.75) is 18.8 Å². The first-order chi connectivity index (χ1) is 16.2. The number of rotatable bonds is 7. The van der Waals surface area contributed by atoms with Crippen molar-refractivity contribution in [3.8, 4) is 0 Å². The summed E-state index contributed by atoms with van der Waals surface area (Å²) in [7, 11) is 0. The number of hydrogen-bond donors (Lipinski definition) is 0. The first-order valence-electron chi connectivity index (χ1n) is 10.7. The molecule has 0 atom stereocenters. The van der Waals surface area contributed by atoms with E-state index in [9.17, 15) is 4.39 Å². The quantitative estimate of drug-likeness (QED) is 0.156. The molecule has 0 heterocycles. The van der Waals surface area contributed by atoms with Gasteiger partial charge in [-0.25, -0.2) is 9.38 Å². The number of hydrogen-bond acceptors (Lipinski definition) is 2. The van der Waals surface area contributed by atoms with Crippen LogP contribution in [0.2, 0.25) is 0 Å². The summed E-state index contributed by atoms with van der Waals surface area (Å²) in [6, 6.07) is 35.5. The van der Waals surface area contributed by atoms with Crippen molar-refractivity contribution in [3.05, 3.63) is 136 Å². The highest BCUT2D eigenvalue weighted by Gasteiger charge is 2.15. The van der Waals surface area contributed by atoms with E-state index in [1.54, 1.807) is 11.8 Å². The Labute approximate surface area is 223 Å². The van der Waals surface area contributed by atoms with Gasteiger partial charge in [-0.1, -0.05) is 100 Å². The lowest BCUT2D eigenvalue weighted by atomic mass is 10.2. The highest BCUT2D eigenvalue weighted by Crippen LogP contribution is 2.25. The van der Waals surface area contributed by atoms with E-state index in [4.69, 9.17) is 4.99 Å². The third-order valence-electron chi connectivity index (χ3n) is 5.04. The van der Waals surface area contributed by atoms with Crippen LogP contribution in [0.5, 0.6) is 0 Å². The van der Waals surface area contributed by atoms with E-state index in [-0.39, 0.29) is 22.8 Å². The van der Waals surface area contributed by atoms with Crippen molar-refractivity contribution in [1.29, 1.82) is 0 Å². The van der Waals surface area contributed by atoms with Gasteiger partial charge in [-0.15, -0.1) is 17.0 Å². The summed E-state index contributed by atoms with van der Waals surface area (Å²) in [5.41, 5.74) is 4.37. The summed E-state index contributed by atoms with van der Waals surface area (Å²) in [4.78, 5) is 7.30. The summed E-state index contributed by atoms with van der Waals surface area (Å²) in [5.74, 6) is 0.584. The molecule has 0 bridgehead atoms. The Bertz CT molecular complexity index is 1170. The molecule has 0 N–H and O–H groups in total. The molecule has 0 aliphatic carbocycles. The van der Waals surface area contributed by atoms with Crippen molar-refractivity contribution in [3.63, 3.8) is 0 Å². The molecule has 0 amide bonds. The second kappa shape index (κ2) is 13.5. The molecule has 174 valence electrons. The number of thioether (sulfide) groups is 1. The zero-order valence-corrected chi connectivity index (χ0v) is 22.6. The highest BCUT2D eigenvalue weighted by molar-refractivity contribution is 9.10. The zero-order valence-electron chi connectivity index (χ0n) is 18.5. The molecule has 0 unspecified atom stereocenters. The minimum atomic E-state index is -0.226. The van der Waals surface area contributed by atoms with Crippen LogP contribution in [0.4, 0.5) is 10.1 Å². The molecule has 34 heavy (non-hydrogen) atoms. The zero-order chi connectivity index (χ0) is 22.9. The van der Waals surface area contributed by atoms with Gasteiger partial charge in [0.1, 0.15) is 5.82 Å². The van der Waals surface area contributed by atoms with E-state index in [0.29, 0.717) is 13.1 Å². The van der Waals surface area contributed by atoms with Gasteiger partial charge >= 0.3 is 0 Å². The fourth-order valence-corrected chi connectivity index (χ4v) is 4.58. The molecule has 6 heteroatoms. The Kier molecular flexibility index (Phi) is 10.4. The van der Waals surface area contributed by atoms with Crippen LogP contribution in [0.1, 0.15) is 16.7 Å². The fourth-order valence-electron chi connectivity index (χ4n) is 3.35. The molecular formula is C28H25Br2FN2S. The van der Waals surface area contributed by atoms with E-state index in [0.717, 1.165) is 26.6 Å². The summed E-state index contributed by atoms with van der Waals surface area (Å²) in [5, 5.41) is 0.925. The first-order valence-corrected chi connectivity index (χ1v) is 12.5. The van der Waals surface area contributed by atoms with Crippen molar-refractivity contribution in [2.24, 2.45) is 4.99 Å². The lowest BCUT2D eigenvalue weighted by molar-refractivity contribution is 0.414. The monoisotopic (exact) mass is 598 g/mol. The second-order valence-corrected chi connectivity index (χ2v) is 9.47. The normalized spacial score (nSPS) is 11.1. The molecule has 0 spiro atoms. The average molecular weight is 600 g/mol. The van der Waals surface area contributed by atoms with Crippen molar-refractivity contribution in [2.75, 3.05) is 0 Å². The third kappa shape index (κ3) is 8.12. The summed E-state index contributed by atoms with van der Waals surface area (Å²) in [6.45, 7) is 1.34. The average Bonchev–Trinajstić information content (AvgIpc) is 2.85. The molecule has 0 saturated carbocycles. The van der Waals surface area contributed by atoms with Crippen molar-refractivity contribution < 1.29 is 4.39 Å². The van der Waals surface area contributed by atoms with Crippen LogP contribution < -0.4 is 0 Å². The smallest absolute Gasteiger partial charge is 0.165 e. The maximum atomic E-state index is 13.5. The SMILES string of the molecule is Br.Fc1ccc(CN(Cc2ccccc2)C(=Nc2ccc(Br)cc2)SCc2ccccc2)cc1. The van der Waals surface area contributed by atoms with Crippen molar-refractivity contribution in [1.82, 2.24) is 4.90 Å². The van der Waals surface area contributed by atoms with Crippen LogP contribution in [-0.4, -0.2) is 10.1 Å². The minimum absolute atomic E-state index is 0. The van der Waals surface area contributed by atoms with E-state index >= 15 is 0 Å². The van der Waals surface area contributed by atoms with Gasteiger partial charge < -0.3 is 4.90 Å². The van der Waals surface area contributed by atoms with Gasteiger partial charge in [-0.2, -0.15) is 0 Å². The van der Waals surface area contributed by atoms with Gasteiger partial charge in [0.2, 0.25) is 0 Å². The van der Waals surface area contributed by atoms with E-state index in [1.165, 1.54) is 23.3 Å². The van der Waals surface area contributed by atoms with Crippen LogP contribution in [0.25, 0.3) is 0 Å². The molecule has 0 radical (unpaired) electrons. The van der Waals surface area contributed by atoms with Crippen LogP contribution in [0.15, 0.2) is 119 Å². The lowest BCUT2D eigenvalue weighted by Crippen LogP contribution is -2.28. The standard InChI is InChI=1S/C28H24BrFN2S.BrH/c29-25-13-17-27(18-14-25)31-28(33-21-24-9-5-2-6-10-24)32(19-22-7-3-1-4-8-22)20-23-11-15-26(30)16-12-23;/h1-18H,19-21H2;1H. The molecule has 0 aromatic heterocycles. The van der Waals surface area contributed by atoms with E-state index in [1.807, 2.05) is 60.7 Å².